The molecule has 9 heteroatoms. The van der Waals surface area contributed by atoms with Crippen LogP contribution in [-0.4, -0.2) is 19.7 Å². The fraction of sp³-hybridized carbons (Fsp3) is 0.143. The third kappa shape index (κ3) is 3.11. The molecule has 0 aromatic heterocycles. The lowest BCUT2D eigenvalue weighted by Crippen LogP contribution is -2.28. The van der Waals surface area contributed by atoms with Gasteiger partial charge in [-0.15, -0.1) is 11.8 Å². The number of rotatable bonds is 3. The van der Waals surface area contributed by atoms with Crippen LogP contribution >= 0.6 is 11.8 Å². The van der Waals surface area contributed by atoms with Crippen LogP contribution < -0.4 is 9.08 Å². The number of hydrogen-bond acceptors (Lipinski definition) is 5. The van der Waals surface area contributed by atoms with Crippen molar-refractivity contribution in [1.29, 1.82) is 0 Å². The Bertz CT molecular complexity index is 826. The minimum absolute atomic E-state index is 0.204. The summed E-state index contributed by atoms with van der Waals surface area (Å²) in [7, 11) is -5.72. The molecule has 1 aromatic carbocycles. The highest BCUT2D eigenvalue weighted by Crippen LogP contribution is 2.39. The second-order valence-corrected chi connectivity index (χ2v) is 7.24. The standard InChI is InChI=1S/C14H10F3NO3S2/c15-14(16,17)23(19,20)21-12-4-2-1-3-11(12)18-7-5-10-6-8-22-13(10)9-18/h1-7,9H,8H2. The molecule has 0 spiro atoms. The van der Waals surface area contributed by atoms with Crippen LogP contribution in [-0.2, 0) is 10.1 Å². The number of hydrogen-bond donors (Lipinski definition) is 0. The van der Waals surface area contributed by atoms with Gasteiger partial charge in [0.05, 0.1) is 5.69 Å². The van der Waals surface area contributed by atoms with Crippen molar-refractivity contribution in [3.63, 3.8) is 0 Å². The fourth-order valence-corrected chi connectivity index (χ4v) is 3.47. The molecule has 0 radical (unpaired) electrons. The summed E-state index contributed by atoms with van der Waals surface area (Å²) < 4.78 is 64.3. The van der Waals surface area contributed by atoms with Gasteiger partial charge < -0.3 is 9.08 Å². The van der Waals surface area contributed by atoms with Gasteiger partial charge in [0.25, 0.3) is 0 Å². The quantitative estimate of drug-likeness (QED) is 0.606. The number of alkyl halides is 3. The first-order chi connectivity index (χ1) is 10.8. The Morgan fingerprint density at radius 3 is 2.70 bits per heavy atom. The molecular formula is C14H10F3NO3S2. The van der Waals surface area contributed by atoms with E-state index in [2.05, 4.69) is 4.18 Å². The van der Waals surface area contributed by atoms with Gasteiger partial charge in [-0.1, -0.05) is 18.2 Å². The highest BCUT2D eigenvalue weighted by atomic mass is 32.2. The third-order valence-corrected chi connectivity index (χ3v) is 5.08. The van der Waals surface area contributed by atoms with E-state index in [9.17, 15) is 21.6 Å². The van der Waals surface area contributed by atoms with Crippen LogP contribution in [0.4, 0.5) is 18.9 Å². The van der Waals surface area contributed by atoms with E-state index < -0.39 is 15.6 Å². The van der Waals surface area contributed by atoms with E-state index in [1.807, 2.05) is 12.2 Å². The zero-order valence-corrected chi connectivity index (χ0v) is 13.1. The lowest BCUT2D eigenvalue weighted by atomic mass is 10.2. The lowest BCUT2D eigenvalue weighted by molar-refractivity contribution is -0.0499. The van der Waals surface area contributed by atoms with Crippen molar-refractivity contribution in [3.8, 4) is 5.75 Å². The second-order valence-electron chi connectivity index (χ2n) is 4.64. The predicted molar refractivity (Wildman–Crippen MR) is 82.3 cm³/mol. The summed E-state index contributed by atoms with van der Waals surface area (Å²) in [6.07, 6.45) is 7.21. The van der Waals surface area contributed by atoms with Crippen molar-refractivity contribution in [3.05, 3.63) is 59.3 Å². The van der Waals surface area contributed by atoms with Crippen LogP contribution in [0, 0.1) is 0 Å². The van der Waals surface area contributed by atoms with Crippen molar-refractivity contribution in [2.75, 3.05) is 10.7 Å². The van der Waals surface area contributed by atoms with Gasteiger partial charge in [0.2, 0.25) is 0 Å². The van der Waals surface area contributed by atoms with Crippen molar-refractivity contribution < 1.29 is 25.8 Å². The van der Waals surface area contributed by atoms with E-state index in [0.29, 0.717) is 0 Å². The number of halogens is 3. The summed E-state index contributed by atoms with van der Waals surface area (Å²) in [5, 5.41) is 0. The molecule has 0 amide bonds. The SMILES string of the molecule is O=S(=O)(Oc1ccccc1N1C=CC2=CCSC2=C1)C(F)(F)F. The molecule has 4 nitrogen and oxygen atoms in total. The Morgan fingerprint density at radius 2 is 1.96 bits per heavy atom. The van der Waals surface area contributed by atoms with Crippen molar-refractivity contribution in [2.24, 2.45) is 0 Å². The average molecular weight is 361 g/mol. The van der Waals surface area contributed by atoms with Gasteiger partial charge in [-0.2, -0.15) is 21.6 Å². The average Bonchev–Trinajstić information content (AvgIpc) is 2.93. The third-order valence-electron chi connectivity index (χ3n) is 3.12. The molecule has 0 fully saturated rings. The summed E-state index contributed by atoms with van der Waals surface area (Å²) in [5.74, 6) is 0.432. The highest BCUT2D eigenvalue weighted by molar-refractivity contribution is 8.03. The number of fused-ring (bicyclic) bond motifs is 1. The summed E-state index contributed by atoms with van der Waals surface area (Å²) in [6.45, 7) is 0. The molecule has 2 aliphatic heterocycles. The predicted octanol–water partition coefficient (Wildman–Crippen LogP) is 3.76. The molecule has 0 unspecified atom stereocenters. The number of thioether (sulfide) groups is 1. The Morgan fingerprint density at radius 1 is 1.22 bits per heavy atom. The molecule has 2 heterocycles. The second kappa shape index (κ2) is 5.64. The molecule has 0 atom stereocenters. The van der Waals surface area contributed by atoms with Crippen molar-refractivity contribution in [1.82, 2.24) is 0 Å². The first-order valence-electron chi connectivity index (χ1n) is 6.39. The van der Waals surface area contributed by atoms with Crippen LogP contribution in [0.1, 0.15) is 0 Å². The minimum atomic E-state index is -5.72. The maximum atomic E-state index is 12.5. The number of para-hydroxylation sites is 2. The van der Waals surface area contributed by atoms with Crippen LogP contribution in [0.5, 0.6) is 5.75 Å². The van der Waals surface area contributed by atoms with E-state index in [4.69, 9.17) is 0 Å². The van der Waals surface area contributed by atoms with E-state index in [1.165, 1.54) is 23.1 Å². The number of anilines is 1. The van der Waals surface area contributed by atoms with Gasteiger partial charge in [-0.3, -0.25) is 0 Å². The Hall–Kier alpha value is -1.87. The molecular weight excluding hydrogens is 351 g/mol. The van der Waals surface area contributed by atoms with Gasteiger partial charge in [0.15, 0.2) is 5.75 Å². The molecule has 0 aliphatic carbocycles. The maximum absolute atomic E-state index is 12.5. The molecule has 23 heavy (non-hydrogen) atoms. The van der Waals surface area contributed by atoms with E-state index in [-0.39, 0.29) is 11.4 Å². The molecule has 0 saturated heterocycles. The molecule has 0 bridgehead atoms. The number of nitrogens with zero attached hydrogens (tertiary/aromatic N) is 1. The van der Waals surface area contributed by atoms with Crippen LogP contribution in [0.15, 0.2) is 59.3 Å². The molecule has 122 valence electrons. The maximum Gasteiger partial charge on any atom is 0.534 e. The highest BCUT2D eigenvalue weighted by Gasteiger charge is 2.48. The normalized spacial score (nSPS) is 17.6. The van der Waals surface area contributed by atoms with Gasteiger partial charge in [-0.25, -0.2) is 0 Å². The molecule has 2 aliphatic rings. The van der Waals surface area contributed by atoms with E-state index in [1.54, 1.807) is 30.2 Å². The Kier molecular flexibility index (Phi) is 3.93. The lowest BCUT2D eigenvalue weighted by Gasteiger charge is -2.23. The van der Waals surface area contributed by atoms with Gasteiger partial charge in [0, 0.05) is 23.1 Å². The largest absolute Gasteiger partial charge is 0.534 e. The Labute approximate surface area is 135 Å². The number of allylic oxidation sites excluding steroid dienone is 2. The first-order valence-corrected chi connectivity index (χ1v) is 8.79. The topological polar surface area (TPSA) is 46.6 Å². The zero-order valence-electron chi connectivity index (χ0n) is 11.4. The van der Waals surface area contributed by atoms with Gasteiger partial charge >= 0.3 is 15.6 Å². The summed E-state index contributed by atoms with van der Waals surface area (Å²) in [5.41, 5.74) is -4.24. The Balaban J connectivity index is 1.95. The number of benzene rings is 1. The molecule has 3 rings (SSSR count). The van der Waals surface area contributed by atoms with Crippen molar-refractivity contribution in [2.45, 2.75) is 5.51 Å². The summed E-state index contributed by atoms with van der Waals surface area (Å²) in [6, 6.07) is 5.65. The first kappa shape index (κ1) is 16.0. The van der Waals surface area contributed by atoms with Crippen LogP contribution in [0.2, 0.25) is 0 Å². The minimum Gasteiger partial charge on any atom is -0.374 e. The van der Waals surface area contributed by atoms with Gasteiger partial charge in [-0.05, 0) is 23.8 Å². The molecule has 0 N–H and O–H groups in total. The van der Waals surface area contributed by atoms with E-state index >= 15 is 0 Å². The van der Waals surface area contributed by atoms with Crippen LogP contribution in [0.3, 0.4) is 0 Å². The smallest absolute Gasteiger partial charge is 0.374 e. The monoisotopic (exact) mass is 361 g/mol. The van der Waals surface area contributed by atoms with Gasteiger partial charge in [0.1, 0.15) is 0 Å². The molecule has 1 aromatic rings. The van der Waals surface area contributed by atoms with E-state index in [0.717, 1.165) is 16.2 Å². The zero-order chi connectivity index (χ0) is 16.7. The van der Waals surface area contributed by atoms with Crippen LogP contribution in [0.25, 0.3) is 0 Å². The summed E-state index contributed by atoms with van der Waals surface area (Å²) >= 11 is 1.58. The van der Waals surface area contributed by atoms with Crippen molar-refractivity contribution >= 4 is 27.6 Å². The fourth-order valence-electron chi connectivity index (χ4n) is 2.05. The summed E-state index contributed by atoms with van der Waals surface area (Å²) in [4.78, 5) is 2.49. The molecule has 0 saturated carbocycles.